The number of ether oxygens (including phenoxy) is 1. The highest BCUT2D eigenvalue weighted by molar-refractivity contribution is 7.14. The maximum absolute atomic E-state index is 12.7. The lowest BCUT2D eigenvalue weighted by molar-refractivity contribution is -0.190. The summed E-state index contributed by atoms with van der Waals surface area (Å²) >= 11 is 1.42. The molecule has 0 aliphatic heterocycles. The number of carboxylic acids is 1. The fraction of sp³-hybridized carbons (Fsp3) is 0.667. The lowest BCUT2D eigenvalue weighted by Crippen LogP contribution is -2.76. The summed E-state index contributed by atoms with van der Waals surface area (Å²) in [6.45, 7) is 10.2. The molecule has 0 spiro atoms. The fourth-order valence-corrected chi connectivity index (χ4v) is 4.41. The summed E-state index contributed by atoms with van der Waals surface area (Å²) in [7, 11) is 0. The number of aliphatic carboxylic acids is 1. The molecule has 1 heterocycles. The Morgan fingerprint density at radius 1 is 1.42 bits per heavy atom. The third kappa shape index (κ3) is 2.97. The summed E-state index contributed by atoms with van der Waals surface area (Å²) in [5.41, 5.74) is -0.785. The second-order valence-corrected chi connectivity index (χ2v) is 8.23. The molecule has 24 heavy (non-hydrogen) atoms. The van der Waals surface area contributed by atoms with Crippen LogP contribution in [-0.4, -0.2) is 35.2 Å². The van der Waals surface area contributed by atoms with Crippen molar-refractivity contribution in [2.24, 2.45) is 5.41 Å². The van der Waals surface area contributed by atoms with Crippen molar-refractivity contribution in [2.45, 2.75) is 65.5 Å². The first kappa shape index (κ1) is 18.9. The first-order chi connectivity index (χ1) is 11.2. The lowest BCUT2D eigenvalue weighted by Gasteiger charge is -2.58. The molecule has 1 aliphatic rings. The number of nitrogens with one attached hydrogen (secondary N) is 1. The van der Waals surface area contributed by atoms with Crippen LogP contribution in [0.5, 0.6) is 0 Å². The first-order valence-electron chi connectivity index (χ1n) is 8.46. The van der Waals surface area contributed by atoms with Crippen LogP contribution in [-0.2, 0) is 16.0 Å². The zero-order valence-corrected chi connectivity index (χ0v) is 15.9. The Morgan fingerprint density at radius 2 is 2.08 bits per heavy atom. The van der Waals surface area contributed by atoms with Crippen molar-refractivity contribution in [1.29, 1.82) is 0 Å². The van der Waals surface area contributed by atoms with Gasteiger partial charge in [-0.2, -0.15) is 0 Å². The number of carbonyl (C=O) groups excluding carboxylic acids is 1. The normalized spacial score (nSPS) is 25.1. The molecule has 0 bridgehead atoms. The van der Waals surface area contributed by atoms with Crippen LogP contribution < -0.4 is 5.32 Å². The van der Waals surface area contributed by atoms with E-state index in [1.807, 2.05) is 33.8 Å². The topological polar surface area (TPSA) is 75.6 Å². The molecule has 1 aromatic rings. The molecule has 6 heteroatoms. The SMILES string of the molecule is CCCc1cc(C(=O)NC2(C(=O)O)CC(OCC)C2(C)C)sc1C. The number of carbonyl (C=O) groups is 2. The highest BCUT2D eigenvalue weighted by Crippen LogP contribution is 2.51. The zero-order chi connectivity index (χ0) is 18.1. The van der Waals surface area contributed by atoms with E-state index in [0.29, 0.717) is 17.9 Å². The first-order valence-corrected chi connectivity index (χ1v) is 9.28. The van der Waals surface area contributed by atoms with Gasteiger partial charge in [0.05, 0.1) is 11.0 Å². The Morgan fingerprint density at radius 3 is 2.58 bits per heavy atom. The van der Waals surface area contributed by atoms with Gasteiger partial charge in [-0.1, -0.05) is 27.2 Å². The molecule has 1 amide bonds. The van der Waals surface area contributed by atoms with Gasteiger partial charge in [-0.05, 0) is 31.9 Å². The molecule has 2 unspecified atom stereocenters. The van der Waals surface area contributed by atoms with Gasteiger partial charge >= 0.3 is 5.97 Å². The van der Waals surface area contributed by atoms with E-state index in [-0.39, 0.29) is 12.0 Å². The average molecular weight is 353 g/mol. The van der Waals surface area contributed by atoms with Gasteiger partial charge in [-0.25, -0.2) is 4.79 Å². The molecule has 5 nitrogen and oxygen atoms in total. The number of carboxylic acid groups (broad SMARTS) is 1. The van der Waals surface area contributed by atoms with E-state index in [0.717, 1.165) is 23.3 Å². The van der Waals surface area contributed by atoms with Crippen LogP contribution in [0.2, 0.25) is 0 Å². The van der Waals surface area contributed by atoms with Gasteiger partial charge in [-0.15, -0.1) is 11.3 Å². The molecule has 2 rings (SSSR count). The smallest absolute Gasteiger partial charge is 0.330 e. The minimum Gasteiger partial charge on any atom is -0.479 e. The Kier molecular flexibility index (Phi) is 5.40. The predicted molar refractivity (Wildman–Crippen MR) is 94.7 cm³/mol. The fourth-order valence-electron chi connectivity index (χ4n) is 3.44. The summed E-state index contributed by atoms with van der Waals surface area (Å²) in [5.74, 6) is -1.31. The minimum absolute atomic E-state index is 0.167. The van der Waals surface area contributed by atoms with Gasteiger partial charge in [0.2, 0.25) is 0 Å². The standard InChI is InChI=1S/C18H27NO4S/c1-6-8-12-9-13(24-11(12)3)15(20)19-18(16(21)22)10-14(23-7-2)17(18,4)5/h9,14H,6-8,10H2,1-5H3,(H,19,20)(H,21,22). The summed E-state index contributed by atoms with van der Waals surface area (Å²) < 4.78 is 5.63. The molecular weight excluding hydrogens is 326 g/mol. The number of hydrogen-bond acceptors (Lipinski definition) is 4. The van der Waals surface area contributed by atoms with Crippen molar-refractivity contribution in [3.05, 3.63) is 21.4 Å². The van der Waals surface area contributed by atoms with Crippen LogP contribution in [0.15, 0.2) is 6.07 Å². The maximum atomic E-state index is 12.7. The van der Waals surface area contributed by atoms with Gasteiger partial charge in [0.1, 0.15) is 5.54 Å². The Labute approximate surface area is 147 Å². The molecule has 1 fully saturated rings. The Balaban J connectivity index is 2.22. The molecule has 0 aromatic carbocycles. The van der Waals surface area contributed by atoms with Crippen LogP contribution in [0.3, 0.4) is 0 Å². The highest BCUT2D eigenvalue weighted by atomic mass is 32.1. The molecule has 134 valence electrons. The van der Waals surface area contributed by atoms with Crippen molar-refractivity contribution in [3.63, 3.8) is 0 Å². The average Bonchev–Trinajstić information content (AvgIpc) is 2.87. The Bertz CT molecular complexity index is 637. The van der Waals surface area contributed by atoms with E-state index < -0.39 is 16.9 Å². The van der Waals surface area contributed by atoms with Crippen LogP contribution in [0.1, 0.15) is 60.6 Å². The van der Waals surface area contributed by atoms with Gasteiger partial charge in [-0.3, -0.25) is 4.79 Å². The van der Waals surface area contributed by atoms with E-state index >= 15 is 0 Å². The van der Waals surface area contributed by atoms with Crippen molar-refractivity contribution >= 4 is 23.2 Å². The van der Waals surface area contributed by atoms with Crippen LogP contribution in [0, 0.1) is 12.3 Å². The highest BCUT2D eigenvalue weighted by Gasteiger charge is 2.66. The number of rotatable bonds is 7. The van der Waals surface area contributed by atoms with E-state index in [1.54, 1.807) is 0 Å². The van der Waals surface area contributed by atoms with Crippen LogP contribution in [0.25, 0.3) is 0 Å². The number of thiophene rings is 1. The predicted octanol–water partition coefficient (Wildman–Crippen LogP) is 3.40. The van der Waals surface area contributed by atoms with Gasteiger partial charge in [0, 0.05) is 23.3 Å². The quantitative estimate of drug-likeness (QED) is 0.788. The molecule has 2 atom stereocenters. The summed E-state index contributed by atoms with van der Waals surface area (Å²) in [4.78, 5) is 26.3. The molecule has 1 saturated carbocycles. The maximum Gasteiger partial charge on any atom is 0.330 e. The van der Waals surface area contributed by atoms with Crippen molar-refractivity contribution < 1.29 is 19.4 Å². The molecule has 0 saturated heterocycles. The Hall–Kier alpha value is -1.40. The number of amides is 1. The number of aryl methyl sites for hydroxylation is 2. The monoisotopic (exact) mass is 353 g/mol. The van der Waals surface area contributed by atoms with Gasteiger partial charge in [0.25, 0.3) is 5.91 Å². The second-order valence-electron chi connectivity index (χ2n) is 6.98. The van der Waals surface area contributed by atoms with Crippen molar-refractivity contribution in [2.75, 3.05) is 6.61 Å². The summed E-state index contributed by atoms with van der Waals surface area (Å²) in [6.07, 6.45) is 2.07. The molecule has 2 N–H and O–H groups in total. The summed E-state index contributed by atoms with van der Waals surface area (Å²) in [6, 6.07) is 1.89. The van der Waals surface area contributed by atoms with E-state index in [4.69, 9.17) is 4.74 Å². The van der Waals surface area contributed by atoms with Gasteiger partial charge in [0.15, 0.2) is 0 Å². The second kappa shape index (κ2) is 6.84. The van der Waals surface area contributed by atoms with E-state index in [9.17, 15) is 14.7 Å². The van der Waals surface area contributed by atoms with Crippen LogP contribution in [0.4, 0.5) is 0 Å². The largest absolute Gasteiger partial charge is 0.479 e. The summed E-state index contributed by atoms with van der Waals surface area (Å²) in [5, 5.41) is 12.6. The third-order valence-electron chi connectivity index (χ3n) is 5.22. The van der Waals surface area contributed by atoms with Crippen molar-refractivity contribution in [3.8, 4) is 0 Å². The minimum atomic E-state index is -1.28. The molecular formula is C18H27NO4S. The van der Waals surface area contributed by atoms with E-state index in [2.05, 4.69) is 12.2 Å². The lowest BCUT2D eigenvalue weighted by atomic mass is 9.54. The zero-order valence-electron chi connectivity index (χ0n) is 15.1. The third-order valence-corrected chi connectivity index (χ3v) is 6.31. The van der Waals surface area contributed by atoms with Crippen molar-refractivity contribution in [1.82, 2.24) is 5.32 Å². The molecule has 1 aromatic heterocycles. The van der Waals surface area contributed by atoms with Gasteiger partial charge < -0.3 is 15.2 Å². The van der Waals surface area contributed by atoms with E-state index in [1.165, 1.54) is 11.3 Å². The molecule has 0 radical (unpaired) electrons. The number of hydrogen-bond donors (Lipinski definition) is 2. The van der Waals surface area contributed by atoms with Crippen LogP contribution >= 0.6 is 11.3 Å². The molecule has 1 aliphatic carbocycles.